The van der Waals surface area contributed by atoms with Gasteiger partial charge < -0.3 is 10.2 Å². The van der Waals surface area contributed by atoms with E-state index in [0.717, 1.165) is 23.4 Å². The molecule has 3 heterocycles. The van der Waals surface area contributed by atoms with Gasteiger partial charge in [0.25, 0.3) is 5.91 Å². The molecule has 7 nitrogen and oxygen atoms in total. The molecule has 0 saturated carbocycles. The lowest BCUT2D eigenvalue weighted by Crippen LogP contribution is -2.32. The zero-order valence-electron chi connectivity index (χ0n) is 19.7. The third-order valence-electron chi connectivity index (χ3n) is 6.32. The fourth-order valence-electron chi connectivity index (χ4n) is 4.34. The van der Waals surface area contributed by atoms with Crippen molar-refractivity contribution >= 4 is 17.5 Å². The zero-order valence-corrected chi connectivity index (χ0v) is 19.7. The molecule has 0 saturated heterocycles. The van der Waals surface area contributed by atoms with E-state index in [2.05, 4.69) is 15.4 Å². The van der Waals surface area contributed by atoms with Crippen LogP contribution < -0.4 is 5.32 Å². The maximum Gasteiger partial charge on any atom is 0.417 e. The van der Waals surface area contributed by atoms with Gasteiger partial charge in [0.05, 0.1) is 11.3 Å². The monoisotopic (exact) mass is 505 g/mol. The Morgan fingerprint density at radius 2 is 1.78 bits per heavy atom. The van der Waals surface area contributed by atoms with Crippen LogP contribution in [0, 0.1) is 0 Å². The summed E-state index contributed by atoms with van der Waals surface area (Å²) in [6.45, 7) is 2.68. The molecule has 0 radical (unpaired) electrons. The summed E-state index contributed by atoms with van der Waals surface area (Å²) in [6.07, 6.45) is -0.362. The summed E-state index contributed by atoms with van der Waals surface area (Å²) in [5.41, 5.74) is 2.56. The minimum atomic E-state index is -4.49. The lowest BCUT2D eigenvalue weighted by atomic mass is 10.0. The number of aromatic nitrogens is 3. The molecular formula is C27H22F3N5O2. The normalized spacial score (nSPS) is 13.8. The van der Waals surface area contributed by atoms with Gasteiger partial charge >= 0.3 is 6.18 Å². The van der Waals surface area contributed by atoms with Gasteiger partial charge in [0.1, 0.15) is 6.04 Å². The molecule has 5 rings (SSSR count). The maximum atomic E-state index is 13.1. The highest BCUT2D eigenvalue weighted by Gasteiger charge is 2.31. The molecule has 1 aliphatic rings. The molecule has 1 atom stereocenters. The second-order valence-corrected chi connectivity index (χ2v) is 8.77. The van der Waals surface area contributed by atoms with Crippen LogP contribution in [-0.4, -0.2) is 31.5 Å². The summed E-state index contributed by atoms with van der Waals surface area (Å²) >= 11 is 0. The van der Waals surface area contributed by atoms with Crippen LogP contribution in [0.1, 0.15) is 40.0 Å². The molecule has 1 unspecified atom stereocenters. The maximum absolute atomic E-state index is 13.1. The summed E-state index contributed by atoms with van der Waals surface area (Å²) in [5.74, 6) is -0.473. The standard InChI is InChI=1S/C27H22F3N5O2/c1-17(35-12-4-11-32-35)26(37)34-15-18-7-9-21(13-19(18)16-34)33-25(36)23-6-3-2-5-22(23)24-10-8-20(14-31-24)27(28,29)30/h2-14,17H,15-16H2,1H3,(H,33,36). The topological polar surface area (TPSA) is 80.1 Å². The SMILES string of the molecule is CC(C(=O)N1Cc2ccc(NC(=O)c3ccccc3-c3ccc(C(F)(F)F)cn3)cc2C1)n1cccn1. The number of carbonyl (C=O) groups is 2. The summed E-state index contributed by atoms with van der Waals surface area (Å²) < 4.78 is 40.3. The van der Waals surface area contributed by atoms with E-state index in [9.17, 15) is 22.8 Å². The average Bonchev–Trinajstić information content (AvgIpc) is 3.57. The second kappa shape index (κ2) is 9.53. The van der Waals surface area contributed by atoms with E-state index in [0.29, 0.717) is 24.3 Å². The van der Waals surface area contributed by atoms with Crippen molar-refractivity contribution in [2.45, 2.75) is 32.2 Å². The number of hydrogen-bond donors (Lipinski definition) is 1. The van der Waals surface area contributed by atoms with Crippen LogP contribution in [0.2, 0.25) is 0 Å². The molecule has 2 amide bonds. The highest BCUT2D eigenvalue weighted by Crippen LogP contribution is 2.31. The predicted octanol–water partition coefficient (Wildman–Crippen LogP) is 5.32. The van der Waals surface area contributed by atoms with Crippen LogP contribution >= 0.6 is 0 Å². The van der Waals surface area contributed by atoms with Crippen LogP contribution in [0.5, 0.6) is 0 Å². The molecule has 2 aromatic carbocycles. The number of carbonyl (C=O) groups excluding carboxylic acids is 2. The number of amides is 2. The van der Waals surface area contributed by atoms with Crippen molar-refractivity contribution in [2.75, 3.05) is 5.32 Å². The Balaban J connectivity index is 1.31. The molecule has 10 heteroatoms. The van der Waals surface area contributed by atoms with Gasteiger partial charge in [-0.15, -0.1) is 0 Å². The van der Waals surface area contributed by atoms with E-state index in [-0.39, 0.29) is 17.2 Å². The van der Waals surface area contributed by atoms with E-state index in [1.165, 1.54) is 6.07 Å². The second-order valence-electron chi connectivity index (χ2n) is 8.77. The number of halogens is 3. The lowest BCUT2D eigenvalue weighted by Gasteiger charge is -2.20. The predicted molar refractivity (Wildman–Crippen MR) is 130 cm³/mol. The first kappa shape index (κ1) is 24.2. The first-order valence-corrected chi connectivity index (χ1v) is 11.5. The number of hydrogen-bond acceptors (Lipinski definition) is 4. The van der Waals surface area contributed by atoms with E-state index < -0.39 is 23.7 Å². The van der Waals surface area contributed by atoms with Crippen LogP contribution in [0.25, 0.3) is 11.3 Å². The van der Waals surface area contributed by atoms with Crippen molar-refractivity contribution in [3.8, 4) is 11.3 Å². The van der Waals surface area contributed by atoms with Gasteiger partial charge in [0.2, 0.25) is 5.91 Å². The molecule has 2 aromatic heterocycles. The summed E-state index contributed by atoms with van der Waals surface area (Å²) in [7, 11) is 0. The number of nitrogens with one attached hydrogen (secondary N) is 1. The highest BCUT2D eigenvalue weighted by atomic mass is 19.4. The quantitative estimate of drug-likeness (QED) is 0.398. The number of fused-ring (bicyclic) bond motifs is 1. The Kier molecular flexibility index (Phi) is 6.24. The number of anilines is 1. The van der Waals surface area contributed by atoms with Gasteiger partial charge in [-0.1, -0.05) is 24.3 Å². The molecule has 1 aliphatic heterocycles. The first-order chi connectivity index (χ1) is 17.7. The van der Waals surface area contributed by atoms with Crippen molar-refractivity contribution in [3.63, 3.8) is 0 Å². The van der Waals surface area contributed by atoms with Crippen molar-refractivity contribution in [1.82, 2.24) is 19.7 Å². The van der Waals surface area contributed by atoms with Crippen LogP contribution in [0.15, 0.2) is 79.3 Å². The summed E-state index contributed by atoms with van der Waals surface area (Å²) in [5, 5.41) is 7.00. The molecule has 0 spiro atoms. The Morgan fingerprint density at radius 3 is 2.49 bits per heavy atom. The first-order valence-electron chi connectivity index (χ1n) is 11.5. The molecule has 0 aliphatic carbocycles. The highest BCUT2D eigenvalue weighted by molar-refractivity contribution is 6.08. The number of nitrogens with zero attached hydrogens (tertiary/aromatic N) is 4. The smallest absolute Gasteiger partial charge is 0.332 e. The number of alkyl halides is 3. The third kappa shape index (κ3) is 4.95. The number of benzene rings is 2. The van der Waals surface area contributed by atoms with Crippen molar-refractivity contribution in [3.05, 3.63) is 102 Å². The van der Waals surface area contributed by atoms with Gasteiger partial charge in [-0.05, 0) is 54.4 Å². The summed E-state index contributed by atoms with van der Waals surface area (Å²) in [4.78, 5) is 31.7. The Labute approximate surface area is 210 Å². The minimum Gasteiger partial charge on any atom is -0.332 e. The third-order valence-corrected chi connectivity index (χ3v) is 6.32. The van der Waals surface area contributed by atoms with E-state index >= 15 is 0 Å². The van der Waals surface area contributed by atoms with E-state index in [4.69, 9.17) is 0 Å². The Hall–Kier alpha value is -4.47. The minimum absolute atomic E-state index is 0.0524. The van der Waals surface area contributed by atoms with Crippen molar-refractivity contribution in [2.24, 2.45) is 0 Å². The number of pyridine rings is 1. The molecular weight excluding hydrogens is 483 g/mol. The Morgan fingerprint density at radius 1 is 1.00 bits per heavy atom. The van der Waals surface area contributed by atoms with Crippen molar-refractivity contribution in [1.29, 1.82) is 0 Å². The lowest BCUT2D eigenvalue weighted by molar-refractivity contribution is -0.138. The fraction of sp³-hybridized carbons (Fsp3) is 0.185. The Bertz CT molecular complexity index is 1450. The van der Waals surface area contributed by atoms with Gasteiger partial charge in [-0.3, -0.25) is 19.3 Å². The van der Waals surface area contributed by atoms with Crippen LogP contribution in [0.3, 0.4) is 0 Å². The molecule has 1 N–H and O–H groups in total. The average molecular weight is 506 g/mol. The van der Waals surface area contributed by atoms with Gasteiger partial charge in [-0.25, -0.2) is 0 Å². The van der Waals surface area contributed by atoms with Gasteiger partial charge in [0, 0.05) is 48.5 Å². The van der Waals surface area contributed by atoms with Gasteiger partial charge in [0.15, 0.2) is 0 Å². The van der Waals surface area contributed by atoms with Gasteiger partial charge in [-0.2, -0.15) is 18.3 Å². The number of rotatable bonds is 5. The van der Waals surface area contributed by atoms with E-state index in [1.54, 1.807) is 65.3 Å². The van der Waals surface area contributed by atoms with E-state index in [1.807, 2.05) is 12.1 Å². The van der Waals surface area contributed by atoms with Crippen LogP contribution in [0.4, 0.5) is 18.9 Å². The molecule has 188 valence electrons. The zero-order chi connectivity index (χ0) is 26.2. The molecule has 0 bridgehead atoms. The molecule has 37 heavy (non-hydrogen) atoms. The molecule has 4 aromatic rings. The fourth-order valence-corrected chi connectivity index (χ4v) is 4.34. The van der Waals surface area contributed by atoms with Crippen LogP contribution in [-0.2, 0) is 24.1 Å². The summed E-state index contributed by atoms with van der Waals surface area (Å²) in [6, 6.07) is 15.6. The van der Waals surface area contributed by atoms with Crippen molar-refractivity contribution < 1.29 is 22.8 Å². The largest absolute Gasteiger partial charge is 0.417 e. The molecule has 0 fully saturated rings.